The molecule has 1 unspecified atom stereocenters. The highest BCUT2D eigenvalue weighted by Gasteiger charge is 2.28. The summed E-state index contributed by atoms with van der Waals surface area (Å²) in [5, 5.41) is 21.8. The van der Waals surface area contributed by atoms with Crippen LogP contribution in [0.15, 0.2) is 12.1 Å². The summed E-state index contributed by atoms with van der Waals surface area (Å²) in [5.74, 6) is -0.301. The van der Waals surface area contributed by atoms with Crippen molar-refractivity contribution in [2.45, 2.75) is 26.2 Å². The van der Waals surface area contributed by atoms with Gasteiger partial charge in [-0.1, -0.05) is 13.8 Å². The first-order valence-electron chi connectivity index (χ1n) is 5.43. The summed E-state index contributed by atoms with van der Waals surface area (Å²) in [4.78, 5) is 20.5. The lowest BCUT2D eigenvalue weighted by atomic mass is 9.97. The molecule has 0 fully saturated rings. The van der Waals surface area contributed by atoms with Crippen LogP contribution in [-0.4, -0.2) is 17.0 Å². The monoisotopic (exact) mass is 254 g/mol. The number of nitro benzene ring substituents is 2. The zero-order chi connectivity index (χ0) is 13.9. The van der Waals surface area contributed by atoms with Gasteiger partial charge in [-0.25, -0.2) is 0 Å². The highest BCUT2D eigenvalue weighted by atomic mass is 16.6. The summed E-state index contributed by atoms with van der Waals surface area (Å²) in [6, 6.07) is 2.67. The molecule has 0 bridgehead atoms. The van der Waals surface area contributed by atoms with Crippen molar-refractivity contribution in [1.29, 1.82) is 0 Å². The Bertz CT molecular complexity index is 451. The Kier molecular flexibility index (Phi) is 4.19. The van der Waals surface area contributed by atoms with E-state index in [1.54, 1.807) is 0 Å². The van der Waals surface area contributed by atoms with Gasteiger partial charge in [-0.2, -0.15) is 0 Å². The number of hydrogen-bond acceptors (Lipinski definition) is 5. The maximum Gasteiger partial charge on any atom is 0.318 e. The molecule has 1 rings (SSSR count). The van der Waals surface area contributed by atoms with Gasteiger partial charge in [-0.3, -0.25) is 20.2 Å². The maximum atomic E-state index is 10.9. The van der Waals surface area contributed by atoms with Crippen molar-refractivity contribution in [3.8, 4) is 5.75 Å². The van der Waals surface area contributed by atoms with Gasteiger partial charge in [0.05, 0.1) is 17.0 Å². The third-order valence-electron chi connectivity index (χ3n) is 2.85. The topological polar surface area (TPSA) is 95.5 Å². The third-order valence-corrected chi connectivity index (χ3v) is 2.85. The first kappa shape index (κ1) is 13.9. The SMILES string of the molecule is CCC(C)c1cc([N+](=O)[O-])c(OC)c([N+](=O)[O-])c1. The molecule has 0 spiro atoms. The molecule has 0 heterocycles. The molecule has 0 saturated carbocycles. The van der Waals surface area contributed by atoms with Crippen LogP contribution in [-0.2, 0) is 0 Å². The van der Waals surface area contributed by atoms with Crippen LogP contribution in [0.4, 0.5) is 11.4 Å². The molecule has 0 aliphatic rings. The second kappa shape index (κ2) is 5.44. The summed E-state index contributed by atoms with van der Waals surface area (Å²) in [7, 11) is 1.18. The molecule has 0 radical (unpaired) electrons. The van der Waals surface area contributed by atoms with Gasteiger partial charge in [-0.05, 0) is 17.9 Å². The Morgan fingerprint density at radius 1 is 1.22 bits per heavy atom. The number of methoxy groups -OCH3 is 1. The van der Waals surface area contributed by atoms with E-state index >= 15 is 0 Å². The Hall–Kier alpha value is -2.18. The number of hydrogen-bond donors (Lipinski definition) is 0. The fourth-order valence-corrected chi connectivity index (χ4v) is 1.62. The van der Waals surface area contributed by atoms with E-state index in [-0.39, 0.29) is 23.0 Å². The molecule has 1 aromatic carbocycles. The fraction of sp³-hybridized carbons (Fsp3) is 0.455. The molecule has 7 heteroatoms. The Balaban J connectivity index is 3.53. The van der Waals surface area contributed by atoms with Gasteiger partial charge in [0.15, 0.2) is 0 Å². The predicted octanol–water partition coefficient (Wildman–Crippen LogP) is 3.03. The molecule has 0 amide bonds. The van der Waals surface area contributed by atoms with Crippen LogP contribution >= 0.6 is 0 Å². The fourth-order valence-electron chi connectivity index (χ4n) is 1.62. The van der Waals surface area contributed by atoms with Crippen molar-refractivity contribution in [2.75, 3.05) is 7.11 Å². The number of ether oxygens (including phenoxy) is 1. The molecular weight excluding hydrogens is 240 g/mol. The standard InChI is InChI=1S/C11H14N2O5/c1-4-7(2)8-5-9(12(14)15)11(18-3)10(6-8)13(16)17/h5-7H,4H2,1-3H3. The van der Waals surface area contributed by atoms with Crippen LogP contribution in [0.3, 0.4) is 0 Å². The minimum atomic E-state index is -0.669. The lowest BCUT2D eigenvalue weighted by Crippen LogP contribution is -2.02. The summed E-state index contributed by atoms with van der Waals surface area (Å²) in [5.41, 5.74) is -0.180. The van der Waals surface area contributed by atoms with Gasteiger partial charge in [0.1, 0.15) is 0 Å². The van der Waals surface area contributed by atoms with Gasteiger partial charge >= 0.3 is 11.4 Å². The predicted molar refractivity (Wildman–Crippen MR) is 65.0 cm³/mol. The quantitative estimate of drug-likeness (QED) is 0.594. The van der Waals surface area contributed by atoms with E-state index in [9.17, 15) is 20.2 Å². The molecule has 1 aromatic rings. The van der Waals surface area contributed by atoms with Crippen molar-refractivity contribution in [3.05, 3.63) is 37.9 Å². The second-order valence-corrected chi connectivity index (χ2v) is 3.92. The molecule has 0 saturated heterocycles. The lowest BCUT2D eigenvalue weighted by Gasteiger charge is -2.10. The Labute approximate surface area is 104 Å². The first-order valence-corrected chi connectivity index (χ1v) is 5.43. The van der Waals surface area contributed by atoms with Gasteiger partial charge in [-0.15, -0.1) is 0 Å². The lowest BCUT2D eigenvalue weighted by molar-refractivity contribution is -0.396. The second-order valence-electron chi connectivity index (χ2n) is 3.92. The smallest absolute Gasteiger partial charge is 0.318 e. The number of nitrogens with zero attached hydrogens (tertiary/aromatic N) is 2. The van der Waals surface area contributed by atoms with Crippen molar-refractivity contribution in [3.63, 3.8) is 0 Å². The average Bonchev–Trinajstić information content (AvgIpc) is 2.35. The van der Waals surface area contributed by atoms with Crippen LogP contribution in [0.25, 0.3) is 0 Å². The van der Waals surface area contributed by atoms with Crippen LogP contribution in [0.1, 0.15) is 31.7 Å². The number of rotatable bonds is 5. The van der Waals surface area contributed by atoms with Crippen LogP contribution in [0.2, 0.25) is 0 Å². The van der Waals surface area contributed by atoms with Gasteiger partial charge in [0, 0.05) is 12.1 Å². The van der Waals surface area contributed by atoms with Crippen LogP contribution in [0.5, 0.6) is 5.75 Å². The van der Waals surface area contributed by atoms with E-state index in [1.807, 2.05) is 13.8 Å². The van der Waals surface area contributed by atoms with Crippen molar-refractivity contribution >= 4 is 11.4 Å². The summed E-state index contributed by atoms with van der Waals surface area (Å²) >= 11 is 0. The summed E-state index contributed by atoms with van der Waals surface area (Å²) in [6.45, 7) is 3.77. The minimum absolute atomic E-state index is 0.00769. The molecular formula is C11H14N2O5. The maximum absolute atomic E-state index is 10.9. The molecule has 0 aliphatic carbocycles. The highest BCUT2D eigenvalue weighted by molar-refractivity contribution is 5.62. The Morgan fingerprint density at radius 2 is 1.67 bits per heavy atom. The van der Waals surface area contributed by atoms with E-state index in [4.69, 9.17) is 4.74 Å². The van der Waals surface area contributed by atoms with Gasteiger partial charge < -0.3 is 4.74 Å². The van der Waals surface area contributed by atoms with Crippen LogP contribution in [0, 0.1) is 20.2 Å². The van der Waals surface area contributed by atoms with Crippen molar-refractivity contribution < 1.29 is 14.6 Å². The first-order chi connectivity index (χ1) is 8.42. The van der Waals surface area contributed by atoms with Gasteiger partial charge in [0.2, 0.25) is 0 Å². The molecule has 1 atom stereocenters. The molecule has 0 N–H and O–H groups in total. The van der Waals surface area contributed by atoms with Crippen LogP contribution < -0.4 is 4.74 Å². The molecule has 98 valence electrons. The van der Waals surface area contributed by atoms with E-state index in [2.05, 4.69) is 0 Å². The number of benzene rings is 1. The zero-order valence-electron chi connectivity index (χ0n) is 10.4. The highest BCUT2D eigenvalue weighted by Crippen LogP contribution is 2.39. The molecule has 7 nitrogen and oxygen atoms in total. The van der Waals surface area contributed by atoms with Crippen molar-refractivity contribution in [1.82, 2.24) is 0 Å². The normalized spacial score (nSPS) is 11.9. The van der Waals surface area contributed by atoms with E-state index < -0.39 is 9.85 Å². The molecule has 0 aliphatic heterocycles. The van der Waals surface area contributed by atoms with E-state index in [0.29, 0.717) is 5.56 Å². The molecule has 0 aromatic heterocycles. The Morgan fingerprint density at radius 3 is 1.94 bits per heavy atom. The minimum Gasteiger partial charge on any atom is -0.485 e. The summed E-state index contributed by atoms with van der Waals surface area (Å²) in [6.07, 6.45) is 0.737. The van der Waals surface area contributed by atoms with E-state index in [1.165, 1.54) is 19.2 Å². The average molecular weight is 254 g/mol. The van der Waals surface area contributed by atoms with E-state index in [0.717, 1.165) is 6.42 Å². The number of nitro groups is 2. The molecule has 18 heavy (non-hydrogen) atoms. The van der Waals surface area contributed by atoms with Gasteiger partial charge in [0.25, 0.3) is 5.75 Å². The largest absolute Gasteiger partial charge is 0.485 e. The third kappa shape index (κ3) is 2.55. The zero-order valence-corrected chi connectivity index (χ0v) is 10.4. The summed E-state index contributed by atoms with van der Waals surface area (Å²) < 4.78 is 4.78. The van der Waals surface area contributed by atoms with Crippen molar-refractivity contribution in [2.24, 2.45) is 0 Å².